The average molecular weight is 553 g/mol. The van der Waals surface area contributed by atoms with Crippen molar-refractivity contribution in [1.29, 1.82) is 0 Å². The Kier molecular flexibility index (Phi) is 9.21. The van der Waals surface area contributed by atoms with E-state index in [0.29, 0.717) is 29.4 Å². The van der Waals surface area contributed by atoms with Crippen LogP contribution in [-0.2, 0) is 5.41 Å². The Balaban J connectivity index is 1.34. The summed E-state index contributed by atoms with van der Waals surface area (Å²) < 4.78 is 13.7. The van der Waals surface area contributed by atoms with Crippen LogP contribution in [0.2, 0.25) is 0 Å². The largest absolute Gasteiger partial charge is 0.361 e. The van der Waals surface area contributed by atoms with Crippen LogP contribution in [0.5, 0.6) is 0 Å². The molecule has 8 heteroatoms. The van der Waals surface area contributed by atoms with Gasteiger partial charge in [0.05, 0.1) is 0 Å². The molecule has 2 atom stereocenters. The third kappa shape index (κ3) is 7.19. The molecule has 0 unspecified atom stereocenters. The average Bonchev–Trinajstić information content (AvgIpc) is 3.22. The molecule has 3 heterocycles. The molecule has 5 rings (SSSR count). The molecule has 0 radical (unpaired) electrons. The molecule has 0 amide bonds. The molecule has 3 aliphatic rings. The first-order valence-corrected chi connectivity index (χ1v) is 15.5. The van der Waals surface area contributed by atoms with E-state index in [-0.39, 0.29) is 11.2 Å². The van der Waals surface area contributed by atoms with Crippen molar-refractivity contribution < 1.29 is 4.39 Å². The number of thiocarbonyl (C=S) groups is 1. The molecular weight excluding hydrogens is 507 g/mol. The molecule has 39 heavy (non-hydrogen) atoms. The van der Waals surface area contributed by atoms with Crippen molar-refractivity contribution >= 4 is 34.9 Å². The summed E-state index contributed by atoms with van der Waals surface area (Å²) in [6.45, 7) is 9.48. The highest BCUT2D eigenvalue weighted by atomic mass is 32.1. The van der Waals surface area contributed by atoms with Crippen LogP contribution in [0.3, 0.4) is 0 Å². The molecule has 1 aromatic heterocycles. The smallest absolute Gasteiger partial charge is 0.232 e. The van der Waals surface area contributed by atoms with Gasteiger partial charge in [0.1, 0.15) is 17.5 Å². The van der Waals surface area contributed by atoms with Crippen molar-refractivity contribution in [1.82, 2.24) is 15.3 Å². The molecule has 2 N–H and O–H groups in total. The topological polar surface area (TPSA) is 56.3 Å². The summed E-state index contributed by atoms with van der Waals surface area (Å²) in [4.78, 5) is 14.8. The standard InChI is InChI=1S/C31H45FN6S/c1-23-18-24(2)21-38(20-23)28-19-27(37-16-8-3-4-9-17-37)34-29(35-28)36-30(39)33-22-31(14-6-5-7-15-31)25-10-12-26(32)13-11-25/h10-13,19,23-24H,3-9,14-18,20-22H2,1-2H3,(H2,33,34,35,36,39)/t23-,24+. The number of hydrogen-bond donors (Lipinski definition) is 2. The lowest BCUT2D eigenvalue weighted by Gasteiger charge is -2.38. The van der Waals surface area contributed by atoms with Gasteiger partial charge in [-0.1, -0.05) is 58.1 Å². The first-order chi connectivity index (χ1) is 18.9. The molecule has 1 saturated carbocycles. The minimum atomic E-state index is -0.190. The fraction of sp³-hybridized carbons (Fsp3) is 0.645. The summed E-state index contributed by atoms with van der Waals surface area (Å²) in [6, 6.07) is 9.23. The normalized spacial score (nSPS) is 23.7. The molecular formula is C31H45FN6S. The van der Waals surface area contributed by atoms with E-state index in [4.69, 9.17) is 22.2 Å². The van der Waals surface area contributed by atoms with E-state index >= 15 is 0 Å². The van der Waals surface area contributed by atoms with Gasteiger partial charge in [0, 0.05) is 44.2 Å². The first kappa shape index (κ1) is 28.1. The van der Waals surface area contributed by atoms with Crippen LogP contribution in [0, 0.1) is 17.7 Å². The first-order valence-electron chi connectivity index (χ1n) is 15.1. The lowest BCUT2D eigenvalue weighted by Crippen LogP contribution is -2.44. The van der Waals surface area contributed by atoms with E-state index in [1.165, 1.54) is 56.9 Å². The fourth-order valence-corrected chi connectivity index (χ4v) is 7.11. The second-order valence-corrected chi connectivity index (χ2v) is 12.7. The Hall–Kier alpha value is -2.48. The second kappa shape index (κ2) is 12.8. The van der Waals surface area contributed by atoms with Crippen molar-refractivity contribution in [3.63, 3.8) is 0 Å². The Morgan fingerprint density at radius 1 is 0.897 bits per heavy atom. The van der Waals surface area contributed by atoms with E-state index in [9.17, 15) is 4.39 Å². The number of anilines is 3. The van der Waals surface area contributed by atoms with Crippen molar-refractivity contribution in [3.05, 3.63) is 41.7 Å². The van der Waals surface area contributed by atoms with Gasteiger partial charge in [-0.3, -0.25) is 0 Å². The van der Waals surface area contributed by atoms with Gasteiger partial charge < -0.3 is 20.4 Å². The Labute approximate surface area is 239 Å². The molecule has 2 saturated heterocycles. The van der Waals surface area contributed by atoms with Crippen LogP contribution in [-0.4, -0.2) is 47.8 Å². The van der Waals surface area contributed by atoms with Gasteiger partial charge in [0.15, 0.2) is 5.11 Å². The van der Waals surface area contributed by atoms with Crippen molar-refractivity contribution in [3.8, 4) is 0 Å². The highest BCUT2D eigenvalue weighted by Gasteiger charge is 2.34. The maximum absolute atomic E-state index is 13.7. The summed E-state index contributed by atoms with van der Waals surface area (Å²) in [5.41, 5.74) is 1.14. The van der Waals surface area contributed by atoms with Crippen LogP contribution >= 0.6 is 12.2 Å². The Bertz CT molecular complexity index is 1080. The van der Waals surface area contributed by atoms with Crippen LogP contribution in [0.25, 0.3) is 0 Å². The maximum atomic E-state index is 13.7. The van der Waals surface area contributed by atoms with Crippen molar-refractivity contribution in [2.45, 2.75) is 83.5 Å². The van der Waals surface area contributed by atoms with Crippen LogP contribution in [0.15, 0.2) is 30.3 Å². The molecule has 0 spiro atoms. The summed E-state index contributed by atoms with van der Waals surface area (Å²) >= 11 is 5.79. The Morgan fingerprint density at radius 2 is 1.49 bits per heavy atom. The van der Waals surface area contributed by atoms with E-state index in [1.807, 2.05) is 12.1 Å². The van der Waals surface area contributed by atoms with Crippen molar-refractivity contribution in [2.24, 2.45) is 11.8 Å². The lowest BCUT2D eigenvalue weighted by molar-refractivity contribution is 0.292. The zero-order valence-electron chi connectivity index (χ0n) is 23.7. The number of aromatic nitrogens is 2. The SMILES string of the molecule is C[C@@H]1C[C@H](C)CN(c2cc(N3CCCCCC3)nc(NC(=S)NCC3(c4ccc(F)cc4)CCCCC3)n2)C1. The molecule has 3 fully saturated rings. The summed E-state index contributed by atoms with van der Waals surface area (Å²) in [5, 5.41) is 7.38. The lowest BCUT2D eigenvalue weighted by atomic mass is 9.69. The molecule has 2 aromatic rings. The van der Waals surface area contributed by atoms with Gasteiger partial charge in [-0.2, -0.15) is 9.97 Å². The molecule has 2 aliphatic heterocycles. The number of piperidine rings is 1. The third-order valence-corrected chi connectivity index (χ3v) is 9.15. The van der Waals surface area contributed by atoms with Crippen LogP contribution in [0.1, 0.15) is 83.6 Å². The van der Waals surface area contributed by atoms with E-state index in [1.54, 1.807) is 12.1 Å². The maximum Gasteiger partial charge on any atom is 0.232 e. The molecule has 6 nitrogen and oxygen atoms in total. The van der Waals surface area contributed by atoms with E-state index in [2.05, 4.69) is 40.3 Å². The number of rotatable bonds is 6. The van der Waals surface area contributed by atoms with Gasteiger partial charge in [-0.05, 0) is 73.9 Å². The van der Waals surface area contributed by atoms with Gasteiger partial charge in [0.2, 0.25) is 5.95 Å². The quantitative estimate of drug-likeness (QED) is 0.388. The summed E-state index contributed by atoms with van der Waals surface area (Å²) in [6.07, 6.45) is 12.0. The van der Waals surface area contributed by atoms with Crippen LogP contribution in [0.4, 0.5) is 22.0 Å². The third-order valence-electron chi connectivity index (χ3n) is 8.90. The van der Waals surface area contributed by atoms with Crippen LogP contribution < -0.4 is 20.4 Å². The molecule has 1 aliphatic carbocycles. The summed E-state index contributed by atoms with van der Waals surface area (Å²) in [5.74, 6) is 3.64. The zero-order valence-corrected chi connectivity index (χ0v) is 24.5. The predicted molar refractivity (Wildman–Crippen MR) is 163 cm³/mol. The monoisotopic (exact) mass is 552 g/mol. The molecule has 1 aromatic carbocycles. The minimum absolute atomic E-state index is 0.0440. The number of hydrogen-bond acceptors (Lipinski definition) is 5. The minimum Gasteiger partial charge on any atom is -0.361 e. The molecule has 212 valence electrons. The highest BCUT2D eigenvalue weighted by Crippen LogP contribution is 2.39. The number of benzene rings is 1. The van der Waals surface area contributed by atoms with Gasteiger partial charge in [0.25, 0.3) is 0 Å². The predicted octanol–water partition coefficient (Wildman–Crippen LogP) is 6.67. The zero-order chi connectivity index (χ0) is 27.2. The van der Waals surface area contributed by atoms with Gasteiger partial charge in [-0.15, -0.1) is 0 Å². The molecule has 0 bridgehead atoms. The van der Waals surface area contributed by atoms with Crippen molar-refractivity contribution in [2.75, 3.05) is 47.8 Å². The van der Waals surface area contributed by atoms with Gasteiger partial charge >= 0.3 is 0 Å². The number of halogens is 1. The number of nitrogens with one attached hydrogen (secondary N) is 2. The second-order valence-electron chi connectivity index (χ2n) is 12.3. The van der Waals surface area contributed by atoms with Gasteiger partial charge in [-0.25, -0.2) is 4.39 Å². The van der Waals surface area contributed by atoms with E-state index < -0.39 is 0 Å². The summed E-state index contributed by atoms with van der Waals surface area (Å²) in [7, 11) is 0. The van der Waals surface area contributed by atoms with E-state index in [0.717, 1.165) is 50.7 Å². The Morgan fingerprint density at radius 3 is 2.13 bits per heavy atom. The highest BCUT2D eigenvalue weighted by molar-refractivity contribution is 7.80. The number of nitrogens with zero attached hydrogens (tertiary/aromatic N) is 4. The fourth-order valence-electron chi connectivity index (χ4n) is 6.95.